The van der Waals surface area contributed by atoms with Gasteiger partial charge in [0.1, 0.15) is 0 Å². The van der Waals surface area contributed by atoms with Crippen molar-refractivity contribution in [2.75, 3.05) is 6.54 Å². The van der Waals surface area contributed by atoms with Gasteiger partial charge in [-0.1, -0.05) is 38.7 Å². The molecule has 2 fully saturated rings. The molecule has 0 amide bonds. The number of thiophene rings is 1. The Labute approximate surface area is 121 Å². The van der Waals surface area contributed by atoms with Crippen LogP contribution >= 0.6 is 11.3 Å². The summed E-state index contributed by atoms with van der Waals surface area (Å²) in [5.41, 5.74) is 0. The number of rotatable bonds is 5. The molecule has 2 saturated carbocycles. The Morgan fingerprint density at radius 1 is 1.21 bits per heavy atom. The molecule has 0 bridgehead atoms. The van der Waals surface area contributed by atoms with E-state index in [1.165, 1.54) is 51.5 Å². The van der Waals surface area contributed by atoms with Gasteiger partial charge in [0, 0.05) is 10.9 Å². The van der Waals surface area contributed by atoms with E-state index in [0.717, 1.165) is 17.8 Å². The van der Waals surface area contributed by atoms with Crippen LogP contribution in [0.1, 0.15) is 62.8 Å². The second-order valence-corrected chi connectivity index (χ2v) is 7.59. The van der Waals surface area contributed by atoms with Crippen LogP contribution in [0.25, 0.3) is 0 Å². The Morgan fingerprint density at radius 3 is 2.68 bits per heavy atom. The van der Waals surface area contributed by atoms with Crippen LogP contribution in [0.5, 0.6) is 0 Å². The van der Waals surface area contributed by atoms with Crippen molar-refractivity contribution in [1.82, 2.24) is 5.32 Å². The summed E-state index contributed by atoms with van der Waals surface area (Å²) in [6.07, 6.45) is 10.1. The molecule has 19 heavy (non-hydrogen) atoms. The molecule has 0 saturated heterocycles. The van der Waals surface area contributed by atoms with Crippen molar-refractivity contribution >= 4 is 11.3 Å². The van der Waals surface area contributed by atoms with E-state index in [2.05, 4.69) is 29.8 Å². The molecule has 106 valence electrons. The van der Waals surface area contributed by atoms with Gasteiger partial charge >= 0.3 is 0 Å². The highest BCUT2D eigenvalue weighted by molar-refractivity contribution is 7.10. The molecule has 0 radical (unpaired) electrons. The molecule has 2 aliphatic carbocycles. The molecule has 1 nitrogen and oxygen atoms in total. The zero-order valence-electron chi connectivity index (χ0n) is 12.1. The molecule has 1 aromatic heterocycles. The van der Waals surface area contributed by atoms with Crippen LogP contribution in [-0.2, 0) is 0 Å². The average molecular weight is 277 g/mol. The minimum Gasteiger partial charge on any atom is -0.309 e. The van der Waals surface area contributed by atoms with Gasteiger partial charge in [-0.15, -0.1) is 11.3 Å². The highest BCUT2D eigenvalue weighted by atomic mass is 32.1. The minimum atomic E-state index is 0.635. The summed E-state index contributed by atoms with van der Waals surface area (Å²) in [7, 11) is 0. The van der Waals surface area contributed by atoms with E-state index in [0.29, 0.717) is 6.04 Å². The van der Waals surface area contributed by atoms with Gasteiger partial charge in [-0.05, 0) is 55.0 Å². The van der Waals surface area contributed by atoms with Gasteiger partial charge < -0.3 is 5.32 Å². The third-order valence-electron chi connectivity index (χ3n) is 5.36. The lowest BCUT2D eigenvalue weighted by molar-refractivity contribution is 0.317. The molecule has 3 atom stereocenters. The van der Waals surface area contributed by atoms with Gasteiger partial charge in [0.25, 0.3) is 0 Å². The molecule has 0 aromatic carbocycles. The second kappa shape index (κ2) is 6.41. The first-order valence-electron chi connectivity index (χ1n) is 8.11. The van der Waals surface area contributed by atoms with Crippen LogP contribution < -0.4 is 5.32 Å². The van der Waals surface area contributed by atoms with Crippen LogP contribution in [0.2, 0.25) is 0 Å². The first-order valence-corrected chi connectivity index (χ1v) is 8.99. The summed E-state index contributed by atoms with van der Waals surface area (Å²) >= 11 is 1.94. The Balaban J connectivity index is 1.62. The number of hydrogen-bond donors (Lipinski definition) is 1. The maximum absolute atomic E-state index is 3.95. The maximum Gasteiger partial charge on any atom is 0.0443 e. The van der Waals surface area contributed by atoms with Gasteiger partial charge in [-0.2, -0.15) is 0 Å². The van der Waals surface area contributed by atoms with Crippen LogP contribution in [-0.4, -0.2) is 6.54 Å². The molecule has 0 spiro atoms. The highest BCUT2D eigenvalue weighted by Crippen LogP contribution is 2.38. The molecular formula is C17H27NS. The molecule has 1 heterocycles. The van der Waals surface area contributed by atoms with Crippen LogP contribution in [0, 0.1) is 17.8 Å². The van der Waals surface area contributed by atoms with Crippen molar-refractivity contribution in [1.29, 1.82) is 0 Å². The molecule has 2 aliphatic rings. The Kier molecular flexibility index (Phi) is 4.60. The van der Waals surface area contributed by atoms with E-state index in [1.54, 1.807) is 4.88 Å². The third kappa shape index (κ3) is 3.22. The lowest BCUT2D eigenvalue weighted by Gasteiger charge is -2.26. The normalized spacial score (nSPS) is 29.9. The van der Waals surface area contributed by atoms with Crippen molar-refractivity contribution in [3.63, 3.8) is 0 Å². The van der Waals surface area contributed by atoms with Gasteiger partial charge in [-0.25, -0.2) is 0 Å². The van der Waals surface area contributed by atoms with Gasteiger partial charge in [0.15, 0.2) is 0 Å². The standard InChI is InChI=1S/C17H27NS/c1-13-6-4-9-15(13)12-18-17(14-7-2-3-8-14)16-10-5-11-19-16/h5,10-11,13-15,17-18H,2-4,6-9,12H2,1H3. The van der Waals surface area contributed by atoms with Crippen molar-refractivity contribution in [2.45, 2.75) is 57.9 Å². The topological polar surface area (TPSA) is 12.0 Å². The first-order chi connectivity index (χ1) is 9.34. The molecule has 0 aliphatic heterocycles. The van der Waals surface area contributed by atoms with Crippen molar-refractivity contribution in [3.05, 3.63) is 22.4 Å². The van der Waals surface area contributed by atoms with E-state index >= 15 is 0 Å². The third-order valence-corrected chi connectivity index (χ3v) is 6.32. The van der Waals surface area contributed by atoms with E-state index < -0.39 is 0 Å². The molecule has 1 aromatic rings. The smallest absolute Gasteiger partial charge is 0.0443 e. The molecule has 1 N–H and O–H groups in total. The summed E-state index contributed by atoms with van der Waals surface area (Å²) in [4.78, 5) is 1.57. The summed E-state index contributed by atoms with van der Waals surface area (Å²) in [5.74, 6) is 2.74. The lowest BCUT2D eigenvalue weighted by Crippen LogP contribution is -2.31. The average Bonchev–Trinajstić information content (AvgIpc) is 3.13. The van der Waals surface area contributed by atoms with Gasteiger partial charge in [-0.3, -0.25) is 0 Å². The minimum absolute atomic E-state index is 0.635. The zero-order valence-corrected chi connectivity index (χ0v) is 12.9. The predicted molar refractivity (Wildman–Crippen MR) is 83.5 cm³/mol. The van der Waals surface area contributed by atoms with Crippen molar-refractivity contribution in [2.24, 2.45) is 17.8 Å². The summed E-state index contributed by atoms with van der Waals surface area (Å²) < 4.78 is 0. The first kappa shape index (κ1) is 13.6. The summed E-state index contributed by atoms with van der Waals surface area (Å²) in [6, 6.07) is 5.18. The fraction of sp³-hybridized carbons (Fsp3) is 0.765. The van der Waals surface area contributed by atoms with Crippen molar-refractivity contribution < 1.29 is 0 Å². The quantitative estimate of drug-likeness (QED) is 0.798. The maximum atomic E-state index is 3.95. The Hall–Kier alpha value is -0.340. The molecule has 3 unspecified atom stereocenters. The van der Waals surface area contributed by atoms with Crippen LogP contribution in [0.3, 0.4) is 0 Å². The van der Waals surface area contributed by atoms with Gasteiger partial charge in [0.2, 0.25) is 0 Å². The number of nitrogens with one attached hydrogen (secondary N) is 1. The van der Waals surface area contributed by atoms with E-state index in [4.69, 9.17) is 0 Å². The zero-order chi connectivity index (χ0) is 13.1. The van der Waals surface area contributed by atoms with Crippen LogP contribution in [0.4, 0.5) is 0 Å². The van der Waals surface area contributed by atoms with E-state index in [-0.39, 0.29) is 0 Å². The fourth-order valence-electron chi connectivity index (χ4n) is 4.06. The summed E-state index contributed by atoms with van der Waals surface area (Å²) in [5, 5.41) is 6.18. The largest absolute Gasteiger partial charge is 0.309 e. The molecule has 3 rings (SSSR count). The predicted octanol–water partition coefficient (Wildman–Crippen LogP) is 5.01. The monoisotopic (exact) mass is 277 g/mol. The fourth-order valence-corrected chi connectivity index (χ4v) is 4.96. The van der Waals surface area contributed by atoms with Crippen LogP contribution in [0.15, 0.2) is 17.5 Å². The van der Waals surface area contributed by atoms with E-state index in [1.807, 2.05) is 11.3 Å². The van der Waals surface area contributed by atoms with Crippen molar-refractivity contribution in [3.8, 4) is 0 Å². The second-order valence-electron chi connectivity index (χ2n) is 6.61. The Morgan fingerprint density at radius 2 is 2.05 bits per heavy atom. The number of hydrogen-bond acceptors (Lipinski definition) is 2. The highest BCUT2D eigenvalue weighted by Gasteiger charge is 2.29. The SMILES string of the molecule is CC1CCCC1CNC(c1cccs1)C1CCCC1. The molecule has 2 heteroatoms. The Bertz CT molecular complexity index is 367. The van der Waals surface area contributed by atoms with Gasteiger partial charge in [0.05, 0.1) is 0 Å². The van der Waals surface area contributed by atoms with E-state index in [9.17, 15) is 0 Å². The lowest BCUT2D eigenvalue weighted by atomic mass is 9.94. The molecular weight excluding hydrogens is 250 g/mol. The summed E-state index contributed by atoms with van der Waals surface area (Å²) in [6.45, 7) is 3.68.